The summed E-state index contributed by atoms with van der Waals surface area (Å²) in [6, 6.07) is 6.45. The molecule has 2 aromatic carbocycles. The molecule has 6 nitrogen and oxygen atoms in total. The molecule has 0 aliphatic rings. The molecule has 0 radical (unpaired) electrons. The number of rotatable bonds is 4. The molecule has 0 saturated carbocycles. The van der Waals surface area contributed by atoms with Crippen LogP contribution in [-0.2, 0) is 7.05 Å². The predicted octanol–water partition coefficient (Wildman–Crippen LogP) is 2.94. The molecule has 0 fully saturated rings. The highest BCUT2D eigenvalue weighted by molar-refractivity contribution is 5.99. The number of alkyl halides is 3. The van der Waals surface area contributed by atoms with E-state index in [4.69, 9.17) is 0 Å². The lowest BCUT2D eigenvalue weighted by atomic mass is 10.0. The van der Waals surface area contributed by atoms with Crippen LogP contribution in [0.1, 0.15) is 10.4 Å². The van der Waals surface area contributed by atoms with E-state index in [1.165, 1.54) is 17.3 Å². The summed E-state index contributed by atoms with van der Waals surface area (Å²) in [7, 11) is 1.60. The molecule has 11 heteroatoms. The summed E-state index contributed by atoms with van der Waals surface area (Å²) in [5.41, 5.74) is 1.64. The van der Waals surface area contributed by atoms with Crippen LogP contribution >= 0.6 is 0 Å². The minimum Gasteiger partial charge on any atom is -0.406 e. The van der Waals surface area contributed by atoms with E-state index in [2.05, 4.69) is 15.3 Å². The van der Waals surface area contributed by atoms with E-state index in [1.807, 2.05) is 0 Å². The number of benzene rings is 2. The van der Waals surface area contributed by atoms with Gasteiger partial charge in [0.25, 0.3) is 12.2 Å². The van der Waals surface area contributed by atoms with Crippen LogP contribution in [0.3, 0.4) is 0 Å². The number of ether oxygens (including phenoxy) is 1. The van der Waals surface area contributed by atoms with Crippen LogP contribution < -0.4 is 14.8 Å². The molecule has 1 amide bonds. The van der Waals surface area contributed by atoms with Gasteiger partial charge in [0.05, 0.1) is 12.6 Å². The van der Waals surface area contributed by atoms with Gasteiger partial charge in [-0.2, -0.15) is 0 Å². The molecule has 1 aromatic heterocycles. The molecule has 28 heavy (non-hydrogen) atoms. The largest absolute Gasteiger partial charge is 0.573 e. The number of carbonyl (C=O) groups is 1. The van der Waals surface area contributed by atoms with Gasteiger partial charge < -0.3 is 4.74 Å². The Balaban J connectivity index is 1.84. The summed E-state index contributed by atoms with van der Waals surface area (Å²) < 4.78 is 71.6. The highest BCUT2D eigenvalue weighted by atomic mass is 19.4. The van der Waals surface area contributed by atoms with Crippen LogP contribution in [-0.4, -0.2) is 22.1 Å². The lowest BCUT2D eigenvalue weighted by Crippen LogP contribution is -2.47. The topological polar surface area (TPSA) is 60.0 Å². The third-order valence-electron chi connectivity index (χ3n) is 3.61. The fourth-order valence-electron chi connectivity index (χ4n) is 2.40. The number of hydrogen-bond acceptors (Lipinski definition) is 3. The van der Waals surface area contributed by atoms with Gasteiger partial charge in [-0.15, -0.1) is 22.5 Å². The first-order chi connectivity index (χ1) is 13.1. The molecule has 146 valence electrons. The maximum Gasteiger partial charge on any atom is 0.573 e. The first kappa shape index (κ1) is 19.3. The van der Waals surface area contributed by atoms with Crippen molar-refractivity contribution in [1.29, 1.82) is 0 Å². The summed E-state index contributed by atoms with van der Waals surface area (Å²) in [5.74, 6) is -4.11. The molecule has 0 saturated heterocycles. The Morgan fingerprint density at radius 1 is 1.11 bits per heavy atom. The highest BCUT2D eigenvalue weighted by Crippen LogP contribution is 2.29. The minimum absolute atomic E-state index is 0.111. The van der Waals surface area contributed by atoms with Gasteiger partial charge in [-0.1, -0.05) is 18.2 Å². The van der Waals surface area contributed by atoms with E-state index in [0.717, 1.165) is 41.1 Å². The first-order valence-electron chi connectivity index (χ1n) is 7.69. The molecule has 0 aliphatic heterocycles. The zero-order valence-corrected chi connectivity index (χ0v) is 14.2. The van der Waals surface area contributed by atoms with Crippen molar-refractivity contribution < 1.29 is 36.2 Å². The number of hydrogen-bond donors (Lipinski definition) is 1. The number of aromatic nitrogens is 3. The van der Waals surface area contributed by atoms with Gasteiger partial charge in [-0.05, 0) is 23.8 Å². The molecule has 0 bridgehead atoms. The Hall–Kier alpha value is -3.50. The molecule has 0 unspecified atom stereocenters. The third kappa shape index (κ3) is 4.24. The van der Waals surface area contributed by atoms with E-state index in [1.54, 1.807) is 7.05 Å². The number of carbonyl (C=O) groups excluding carboxylic acids is 1. The van der Waals surface area contributed by atoms with Gasteiger partial charge in [0.1, 0.15) is 5.75 Å². The van der Waals surface area contributed by atoms with E-state index < -0.39 is 35.2 Å². The second-order valence-electron chi connectivity index (χ2n) is 5.63. The van der Waals surface area contributed by atoms with E-state index in [0.29, 0.717) is 0 Å². The lowest BCUT2D eigenvalue weighted by Gasteiger charge is -2.11. The Kier molecular flexibility index (Phi) is 4.99. The fourth-order valence-corrected chi connectivity index (χ4v) is 2.40. The van der Waals surface area contributed by atoms with Gasteiger partial charge >= 0.3 is 6.36 Å². The quantitative estimate of drug-likeness (QED) is 0.542. The minimum atomic E-state index is -4.86. The van der Waals surface area contributed by atoms with Crippen molar-refractivity contribution in [2.75, 3.05) is 5.43 Å². The van der Waals surface area contributed by atoms with Crippen LogP contribution in [0.5, 0.6) is 5.75 Å². The molecule has 1 N–H and O–H groups in total. The summed E-state index contributed by atoms with van der Waals surface area (Å²) in [6.07, 6.45) is -2.21. The second kappa shape index (κ2) is 7.25. The number of halogens is 5. The molecular weight excluding hydrogens is 387 g/mol. The number of aryl methyl sites for hydroxylation is 1. The molecular formula is C17H12F5N4O2+. The summed E-state index contributed by atoms with van der Waals surface area (Å²) in [4.78, 5) is 12.1. The van der Waals surface area contributed by atoms with Gasteiger partial charge in [0.15, 0.2) is 11.6 Å². The van der Waals surface area contributed by atoms with E-state index in [-0.39, 0.29) is 11.1 Å². The average molecular weight is 399 g/mol. The third-order valence-corrected chi connectivity index (χ3v) is 3.61. The Labute approximate surface area is 154 Å². The van der Waals surface area contributed by atoms with Gasteiger partial charge in [0, 0.05) is 10.7 Å². The lowest BCUT2D eigenvalue weighted by molar-refractivity contribution is -0.642. The molecule has 0 atom stereocenters. The summed E-state index contributed by atoms with van der Waals surface area (Å²) in [6.45, 7) is 0. The monoisotopic (exact) mass is 399 g/mol. The second-order valence-corrected chi connectivity index (χ2v) is 5.63. The van der Waals surface area contributed by atoms with E-state index in [9.17, 15) is 26.7 Å². The zero-order valence-electron chi connectivity index (χ0n) is 14.2. The number of nitrogens with one attached hydrogen (secondary N) is 1. The molecule has 1 heterocycles. The van der Waals surface area contributed by atoms with Crippen molar-refractivity contribution in [3.8, 4) is 16.9 Å². The number of amides is 1. The maximum absolute atomic E-state index is 14.4. The zero-order chi connectivity index (χ0) is 20.5. The summed E-state index contributed by atoms with van der Waals surface area (Å²) in [5, 5.41) is 3.80. The van der Waals surface area contributed by atoms with Crippen molar-refractivity contribution in [1.82, 2.24) is 9.78 Å². The average Bonchev–Trinajstić information content (AvgIpc) is 3.01. The van der Waals surface area contributed by atoms with Crippen molar-refractivity contribution >= 4 is 5.91 Å². The number of nitrogens with zero attached hydrogens (tertiary/aromatic N) is 3. The van der Waals surface area contributed by atoms with Crippen LogP contribution in [0.25, 0.3) is 11.1 Å². The van der Waals surface area contributed by atoms with E-state index >= 15 is 0 Å². The van der Waals surface area contributed by atoms with Gasteiger partial charge in [-0.3, -0.25) is 4.79 Å². The van der Waals surface area contributed by atoms with Crippen molar-refractivity contribution in [3.63, 3.8) is 0 Å². The Morgan fingerprint density at radius 3 is 2.36 bits per heavy atom. The van der Waals surface area contributed by atoms with Crippen LogP contribution in [0, 0.1) is 11.6 Å². The summed E-state index contributed by atoms with van der Waals surface area (Å²) >= 11 is 0. The normalized spacial score (nSPS) is 11.4. The highest BCUT2D eigenvalue weighted by Gasteiger charge is 2.31. The van der Waals surface area contributed by atoms with Crippen molar-refractivity contribution in [3.05, 3.63) is 66.3 Å². The fraction of sp³-hybridized carbons (Fsp3) is 0.118. The van der Waals surface area contributed by atoms with Gasteiger partial charge in [0.2, 0.25) is 6.33 Å². The van der Waals surface area contributed by atoms with Gasteiger partial charge in [-0.25, -0.2) is 14.2 Å². The van der Waals surface area contributed by atoms with Crippen LogP contribution in [0.2, 0.25) is 0 Å². The Bertz CT molecular complexity index is 1020. The van der Waals surface area contributed by atoms with Crippen molar-refractivity contribution in [2.45, 2.75) is 6.36 Å². The van der Waals surface area contributed by atoms with Crippen LogP contribution in [0.4, 0.5) is 22.0 Å². The maximum atomic E-state index is 14.4. The standard InChI is InChI=1S/C17H11F5N4O2/c1-25-9-26(8-23-25)24-16(27)13-7-6-12(14(18)15(13)19)10-2-4-11(5-3-10)28-17(20,21)22/h2-9H,1H3/p+1. The van der Waals surface area contributed by atoms with Crippen LogP contribution in [0.15, 0.2) is 49.1 Å². The SMILES string of the molecule is Cn1c[n+](NC(=O)c2ccc(-c3ccc(OC(F)(F)F)cc3)c(F)c2F)cn1. The smallest absolute Gasteiger partial charge is 0.406 e. The molecule has 3 aromatic rings. The first-order valence-corrected chi connectivity index (χ1v) is 7.69. The predicted molar refractivity (Wildman–Crippen MR) is 85.6 cm³/mol. The van der Waals surface area contributed by atoms with Crippen molar-refractivity contribution in [2.24, 2.45) is 7.05 Å². The molecule has 0 aliphatic carbocycles. The molecule has 0 spiro atoms. The Morgan fingerprint density at radius 2 is 1.79 bits per heavy atom. The molecule has 3 rings (SSSR count).